The van der Waals surface area contributed by atoms with E-state index in [9.17, 15) is 9.59 Å². The van der Waals surface area contributed by atoms with Crippen molar-refractivity contribution in [2.45, 2.75) is 25.4 Å². The van der Waals surface area contributed by atoms with Gasteiger partial charge in [-0.3, -0.25) is 9.59 Å². The molecule has 0 aliphatic carbocycles. The summed E-state index contributed by atoms with van der Waals surface area (Å²) in [6.07, 6.45) is 3.16. The number of aromatic nitrogens is 1. The molecule has 1 aromatic carbocycles. The number of hydrogen-bond donors (Lipinski definition) is 1. The van der Waals surface area contributed by atoms with Gasteiger partial charge in [-0.25, -0.2) is 0 Å². The van der Waals surface area contributed by atoms with Crippen molar-refractivity contribution in [3.63, 3.8) is 0 Å². The minimum atomic E-state index is -0.115. The van der Waals surface area contributed by atoms with Gasteiger partial charge < -0.3 is 14.8 Å². The number of benzene rings is 1. The quantitative estimate of drug-likeness (QED) is 0.918. The minimum Gasteiger partial charge on any atom is -0.355 e. The van der Waals surface area contributed by atoms with Crippen LogP contribution in [0.4, 0.5) is 0 Å². The maximum atomic E-state index is 13.1. The summed E-state index contributed by atoms with van der Waals surface area (Å²) in [5.41, 5.74) is 2.28. The fourth-order valence-corrected chi connectivity index (χ4v) is 3.78. The van der Waals surface area contributed by atoms with Crippen molar-refractivity contribution in [2.75, 3.05) is 13.1 Å². The van der Waals surface area contributed by atoms with Crippen LogP contribution in [0, 0.1) is 5.92 Å². The highest BCUT2D eigenvalue weighted by Crippen LogP contribution is 2.34. The molecular formula is C19H21N3O2. The molecule has 0 saturated carbocycles. The van der Waals surface area contributed by atoms with E-state index in [0.29, 0.717) is 25.9 Å². The smallest absolute Gasteiger partial charge is 0.228 e. The van der Waals surface area contributed by atoms with Gasteiger partial charge in [0.25, 0.3) is 0 Å². The number of piperidine rings is 1. The van der Waals surface area contributed by atoms with Crippen LogP contribution in [0.5, 0.6) is 0 Å². The molecular weight excluding hydrogens is 302 g/mol. The molecule has 0 radical (unpaired) electrons. The predicted molar refractivity (Wildman–Crippen MR) is 90.2 cm³/mol. The molecule has 5 heteroatoms. The first-order valence-electron chi connectivity index (χ1n) is 8.51. The second-order valence-electron chi connectivity index (χ2n) is 6.51. The highest BCUT2D eigenvalue weighted by Gasteiger charge is 2.36. The van der Waals surface area contributed by atoms with Crippen molar-refractivity contribution in [3.05, 3.63) is 59.9 Å². The van der Waals surface area contributed by atoms with Gasteiger partial charge in [-0.05, 0) is 24.1 Å². The molecule has 3 heterocycles. The molecule has 1 saturated heterocycles. The van der Waals surface area contributed by atoms with Crippen LogP contribution < -0.4 is 5.32 Å². The Kier molecular flexibility index (Phi) is 3.84. The van der Waals surface area contributed by atoms with E-state index in [2.05, 4.69) is 34.3 Å². The van der Waals surface area contributed by atoms with Crippen LogP contribution in [0.1, 0.15) is 30.1 Å². The number of carbonyl (C=O) groups is 2. The Morgan fingerprint density at radius 1 is 1.08 bits per heavy atom. The Morgan fingerprint density at radius 2 is 1.92 bits per heavy atom. The zero-order chi connectivity index (χ0) is 16.5. The van der Waals surface area contributed by atoms with E-state index >= 15 is 0 Å². The largest absolute Gasteiger partial charge is 0.355 e. The van der Waals surface area contributed by atoms with E-state index in [4.69, 9.17) is 0 Å². The van der Waals surface area contributed by atoms with Crippen molar-refractivity contribution in [3.8, 4) is 0 Å². The number of nitrogens with zero attached hydrogens (tertiary/aromatic N) is 2. The standard InChI is InChI=1S/C19H21N3O2/c23-17-9-8-15(13-20-17)19(24)22-12-11-21-10-4-7-16(21)18(22)14-5-2-1-3-6-14/h1-7,10,15,18H,8-9,11-13H2,(H,20,23)/t15-,18+/m0/s1. The number of carbonyl (C=O) groups excluding carboxylic acids is 2. The van der Waals surface area contributed by atoms with Crippen molar-refractivity contribution in [2.24, 2.45) is 5.92 Å². The van der Waals surface area contributed by atoms with Crippen LogP contribution >= 0.6 is 0 Å². The van der Waals surface area contributed by atoms with E-state index in [0.717, 1.165) is 17.8 Å². The SMILES string of the molecule is O=C1CC[C@H](C(=O)N2CCn3cccc3[C@H]2c2ccccc2)CN1. The third-order valence-corrected chi connectivity index (χ3v) is 5.05. The molecule has 0 spiro atoms. The maximum Gasteiger partial charge on any atom is 0.228 e. The molecule has 2 aliphatic heterocycles. The topological polar surface area (TPSA) is 54.3 Å². The van der Waals surface area contributed by atoms with E-state index in [1.807, 2.05) is 29.2 Å². The summed E-state index contributed by atoms with van der Waals surface area (Å²) in [5, 5.41) is 2.83. The number of rotatable bonds is 2. The Bertz CT molecular complexity index is 743. The Labute approximate surface area is 141 Å². The van der Waals surface area contributed by atoms with Crippen LogP contribution in [0.3, 0.4) is 0 Å². The molecule has 124 valence electrons. The third kappa shape index (κ3) is 2.60. The molecule has 1 aromatic heterocycles. The van der Waals surface area contributed by atoms with Gasteiger partial charge in [0, 0.05) is 37.9 Å². The van der Waals surface area contributed by atoms with Gasteiger partial charge in [-0.1, -0.05) is 30.3 Å². The molecule has 4 rings (SSSR count). The summed E-state index contributed by atoms with van der Waals surface area (Å²) in [6.45, 7) is 1.97. The molecule has 5 nitrogen and oxygen atoms in total. The van der Waals surface area contributed by atoms with E-state index < -0.39 is 0 Å². The molecule has 1 fully saturated rings. The average Bonchev–Trinajstić information content (AvgIpc) is 3.10. The molecule has 2 atom stereocenters. The highest BCUT2D eigenvalue weighted by atomic mass is 16.2. The number of amides is 2. The zero-order valence-corrected chi connectivity index (χ0v) is 13.5. The summed E-state index contributed by atoms with van der Waals surface area (Å²) in [7, 11) is 0. The average molecular weight is 323 g/mol. The monoisotopic (exact) mass is 323 g/mol. The summed E-state index contributed by atoms with van der Waals surface area (Å²) in [5.74, 6) is 0.0814. The van der Waals surface area contributed by atoms with Gasteiger partial charge >= 0.3 is 0 Å². The van der Waals surface area contributed by atoms with E-state index in [-0.39, 0.29) is 23.8 Å². The van der Waals surface area contributed by atoms with Crippen LogP contribution in [-0.4, -0.2) is 34.4 Å². The van der Waals surface area contributed by atoms with Gasteiger partial charge in [0.1, 0.15) is 0 Å². The van der Waals surface area contributed by atoms with Crippen molar-refractivity contribution < 1.29 is 9.59 Å². The van der Waals surface area contributed by atoms with Crippen LogP contribution in [0.2, 0.25) is 0 Å². The van der Waals surface area contributed by atoms with Crippen LogP contribution in [-0.2, 0) is 16.1 Å². The summed E-state index contributed by atoms with van der Waals surface area (Å²) in [6, 6.07) is 14.3. The lowest BCUT2D eigenvalue weighted by Gasteiger charge is -2.39. The van der Waals surface area contributed by atoms with E-state index in [1.165, 1.54) is 0 Å². The van der Waals surface area contributed by atoms with Crippen molar-refractivity contribution in [1.29, 1.82) is 0 Å². The summed E-state index contributed by atoms with van der Waals surface area (Å²) in [4.78, 5) is 26.5. The Morgan fingerprint density at radius 3 is 2.67 bits per heavy atom. The van der Waals surface area contributed by atoms with Crippen molar-refractivity contribution >= 4 is 11.8 Å². The van der Waals surface area contributed by atoms with Gasteiger partial charge in [0.05, 0.1) is 12.0 Å². The van der Waals surface area contributed by atoms with Gasteiger partial charge in [-0.2, -0.15) is 0 Å². The molecule has 24 heavy (non-hydrogen) atoms. The predicted octanol–water partition coefficient (Wildman–Crippen LogP) is 1.95. The first-order chi connectivity index (χ1) is 11.7. The molecule has 0 bridgehead atoms. The van der Waals surface area contributed by atoms with Gasteiger partial charge in [0.15, 0.2) is 0 Å². The minimum absolute atomic E-state index is 0.0474. The van der Waals surface area contributed by atoms with Crippen molar-refractivity contribution in [1.82, 2.24) is 14.8 Å². The Hall–Kier alpha value is -2.56. The normalized spacial score (nSPS) is 23.5. The number of fused-ring (bicyclic) bond motifs is 1. The maximum absolute atomic E-state index is 13.1. The second kappa shape index (κ2) is 6.15. The first-order valence-corrected chi connectivity index (χ1v) is 8.51. The molecule has 1 N–H and O–H groups in total. The molecule has 2 aromatic rings. The molecule has 0 unspecified atom stereocenters. The van der Waals surface area contributed by atoms with E-state index in [1.54, 1.807) is 0 Å². The zero-order valence-electron chi connectivity index (χ0n) is 13.5. The van der Waals surface area contributed by atoms with Gasteiger partial charge in [0.2, 0.25) is 11.8 Å². The molecule has 2 amide bonds. The first kappa shape index (κ1) is 15.0. The second-order valence-corrected chi connectivity index (χ2v) is 6.51. The van der Waals surface area contributed by atoms with Crippen LogP contribution in [0.15, 0.2) is 48.7 Å². The lowest BCUT2D eigenvalue weighted by molar-refractivity contribution is -0.140. The summed E-state index contributed by atoms with van der Waals surface area (Å²) >= 11 is 0. The fourth-order valence-electron chi connectivity index (χ4n) is 3.78. The number of nitrogens with one attached hydrogen (secondary N) is 1. The lowest BCUT2D eigenvalue weighted by atomic mass is 9.94. The number of hydrogen-bond acceptors (Lipinski definition) is 2. The highest BCUT2D eigenvalue weighted by molar-refractivity contribution is 5.84. The molecule has 2 aliphatic rings. The lowest BCUT2D eigenvalue weighted by Crippen LogP contribution is -2.49. The van der Waals surface area contributed by atoms with Gasteiger partial charge in [-0.15, -0.1) is 0 Å². The summed E-state index contributed by atoms with van der Waals surface area (Å²) < 4.78 is 2.23. The van der Waals surface area contributed by atoms with Crippen LogP contribution in [0.25, 0.3) is 0 Å². The third-order valence-electron chi connectivity index (χ3n) is 5.05. The fraction of sp³-hybridized carbons (Fsp3) is 0.368. The Balaban J connectivity index is 1.66.